The normalized spacial score (nSPS) is 15.5. The maximum Gasteiger partial charge on any atom is 0.271 e. The zero-order valence-electron chi connectivity index (χ0n) is 8.55. The molecule has 7 heteroatoms. The fourth-order valence-electron chi connectivity index (χ4n) is 1.63. The maximum absolute atomic E-state index is 13.5. The fourth-order valence-corrected chi connectivity index (χ4v) is 1.63. The van der Waals surface area contributed by atoms with Gasteiger partial charge in [-0.25, -0.2) is 4.39 Å². The Bertz CT molecular complexity index is 529. The second-order valence-corrected chi connectivity index (χ2v) is 3.59. The average Bonchev–Trinajstić information content (AvgIpc) is 2.58. The van der Waals surface area contributed by atoms with E-state index in [0.717, 1.165) is 23.1 Å². The molecule has 0 unspecified atom stereocenters. The van der Waals surface area contributed by atoms with Crippen molar-refractivity contribution < 1.29 is 18.9 Å². The molecule has 17 heavy (non-hydrogen) atoms. The summed E-state index contributed by atoms with van der Waals surface area (Å²) in [6.45, 7) is -0.239. The van der Waals surface area contributed by atoms with E-state index < -0.39 is 16.6 Å². The number of non-ortho nitro benzene ring substituents is 1. The van der Waals surface area contributed by atoms with Crippen molar-refractivity contribution in [3.05, 3.63) is 34.1 Å². The van der Waals surface area contributed by atoms with Crippen molar-refractivity contribution in [2.75, 3.05) is 11.4 Å². The first-order chi connectivity index (χ1) is 7.99. The molecule has 2 rings (SSSR count). The molecule has 0 aliphatic carbocycles. The van der Waals surface area contributed by atoms with E-state index in [1.165, 1.54) is 0 Å². The van der Waals surface area contributed by atoms with Gasteiger partial charge in [0.25, 0.3) is 5.69 Å². The van der Waals surface area contributed by atoms with Crippen molar-refractivity contribution in [2.45, 2.75) is 6.42 Å². The molecule has 0 atom stereocenters. The van der Waals surface area contributed by atoms with Gasteiger partial charge in [0.1, 0.15) is 5.82 Å². The molecule has 1 aliphatic rings. The Kier molecular flexibility index (Phi) is 2.58. The van der Waals surface area contributed by atoms with Crippen LogP contribution in [0, 0.1) is 15.9 Å². The smallest absolute Gasteiger partial charge is 0.271 e. The Morgan fingerprint density at radius 1 is 1.35 bits per heavy atom. The molecule has 1 heterocycles. The van der Waals surface area contributed by atoms with Crippen molar-refractivity contribution in [3.8, 4) is 0 Å². The van der Waals surface area contributed by atoms with Crippen LogP contribution in [0.4, 0.5) is 15.8 Å². The quantitative estimate of drug-likeness (QED) is 0.438. The second-order valence-electron chi connectivity index (χ2n) is 3.59. The molecule has 88 valence electrons. The van der Waals surface area contributed by atoms with E-state index in [1.807, 2.05) is 0 Å². The first kappa shape index (κ1) is 11.2. The van der Waals surface area contributed by atoms with E-state index in [2.05, 4.69) is 0 Å². The molecule has 0 radical (unpaired) electrons. The van der Waals surface area contributed by atoms with Crippen LogP contribution < -0.4 is 4.90 Å². The molecule has 6 nitrogen and oxygen atoms in total. The van der Waals surface area contributed by atoms with Crippen molar-refractivity contribution in [3.63, 3.8) is 0 Å². The van der Waals surface area contributed by atoms with Gasteiger partial charge in [-0.05, 0) is 6.07 Å². The Morgan fingerprint density at radius 3 is 2.59 bits per heavy atom. The highest BCUT2D eigenvalue weighted by Crippen LogP contribution is 2.27. The molecular weight excluding hydrogens is 231 g/mol. The molecule has 0 saturated carbocycles. The monoisotopic (exact) mass is 238 g/mol. The number of benzene rings is 1. The fraction of sp³-hybridized carbons (Fsp3) is 0.200. The van der Waals surface area contributed by atoms with Gasteiger partial charge < -0.3 is 4.90 Å². The van der Waals surface area contributed by atoms with Gasteiger partial charge in [-0.1, -0.05) is 0 Å². The summed E-state index contributed by atoms with van der Waals surface area (Å²) >= 11 is 0. The van der Waals surface area contributed by atoms with E-state index in [9.17, 15) is 24.1 Å². The predicted octanol–water partition coefficient (Wildman–Crippen LogP) is 1.04. The number of amides is 1. The first-order valence-electron chi connectivity index (χ1n) is 4.75. The number of rotatable bonds is 2. The largest absolute Gasteiger partial charge is 0.302 e. The van der Waals surface area contributed by atoms with E-state index in [4.69, 9.17) is 0 Å². The molecule has 1 aromatic rings. The number of nitro groups is 1. The number of ketones is 1. The summed E-state index contributed by atoms with van der Waals surface area (Å²) in [5, 5.41) is 10.5. The zero-order valence-corrected chi connectivity index (χ0v) is 8.55. The summed E-state index contributed by atoms with van der Waals surface area (Å²) in [5.74, 6) is -1.64. The lowest BCUT2D eigenvalue weighted by Crippen LogP contribution is -2.25. The Labute approximate surface area is 94.8 Å². The minimum absolute atomic E-state index is 0.227. The highest BCUT2D eigenvalue weighted by Gasteiger charge is 2.31. The molecule has 1 amide bonds. The van der Waals surface area contributed by atoms with E-state index in [-0.39, 0.29) is 30.1 Å². The highest BCUT2D eigenvalue weighted by molar-refractivity contribution is 6.15. The highest BCUT2D eigenvalue weighted by atomic mass is 19.1. The number of nitrogens with zero attached hydrogens (tertiary/aromatic N) is 2. The van der Waals surface area contributed by atoms with Crippen molar-refractivity contribution in [2.24, 2.45) is 0 Å². The summed E-state index contributed by atoms with van der Waals surface area (Å²) in [7, 11) is 0. The van der Waals surface area contributed by atoms with E-state index in [0.29, 0.717) is 0 Å². The molecular formula is C10H7FN2O4. The number of anilines is 1. The molecule has 1 aliphatic heterocycles. The molecule has 1 saturated heterocycles. The van der Waals surface area contributed by atoms with Gasteiger partial charge in [0.05, 0.1) is 23.6 Å². The summed E-state index contributed by atoms with van der Waals surface area (Å²) in [4.78, 5) is 33.2. The lowest BCUT2D eigenvalue weighted by molar-refractivity contribution is -0.384. The van der Waals surface area contributed by atoms with Crippen LogP contribution in [0.15, 0.2) is 18.2 Å². The van der Waals surface area contributed by atoms with Gasteiger partial charge in [0.15, 0.2) is 5.78 Å². The summed E-state index contributed by atoms with van der Waals surface area (Å²) in [6.07, 6.45) is -0.290. The van der Waals surface area contributed by atoms with Crippen LogP contribution in [-0.4, -0.2) is 23.2 Å². The van der Waals surface area contributed by atoms with Gasteiger partial charge in [0.2, 0.25) is 5.91 Å². The van der Waals surface area contributed by atoms with Crippen LogP contribution in [-0.2, 0) is 9.59 Å². The topological polar surface area (TPSA) is 80.5 Å². The van der Waals surface area contributed by atoms with Gasteiger partial charge >= 0.3 is 0 Å². The summed E-state index contributed by atoms with van der Waals surface area (Å²) < 4.78 is 13.5. The third-order valence-corrected chi connectivity index (χ3v) is 2.42. The number of halogens is 1. The number of nitro benzene ring substituents is 1. The minimum atomic E-state index is -0.765. The molecule has 1 fully saturated rings. The summed E-state index contributed by atoms with van der Waals surface area (Å²) in [5.41, 5.74) is -0.552. The Morgan fingerprint density at radius 2 is 2.06 bits per heavy atom. The standard InChI is InChI=1S/C10H7FN2O4/c11-8-2-1-6(13(16)17)3-9(8)12-5-7(14)4-10(12)15/h1-3H,4-5H2. The number of Topliss-reactive ketones (excluding diaryl/α,β-unsaturated/α-hetero) is 1. The summed E-state index contributed by atoms with van der Waals surface area (Å²) in [6, 6.07) is 2.86. The van der Waals surface area contributed by atoms with Gasteiger partial charge in [-0.2, -0.15) is 0 Å². The molecule has 0 aromatic heterocycles. The number of carbonyl (C=O) groups is 2. The maximum atomic E-state index is 13.5. The first-order valence-corrected chi connectivity index (χ1v) is 4.75. The number of carbonyl (C=O) groups excluding carboxylic acids is 2. The van der Waals surface area contributed by atoms with Crippen LogP contribution in [0.1, 0.15) is 6.42 Å². The van der Waals surface area contributed by atoms with Gasteiger partial charge in [-0.3, -0.25) is 19.7 Å². The number of hydrogen-bond donors (Lipinski definition) is 0. The van der Waals surface area contributed by atoms with Crippen LogP contribution in [0.2, 0.25) is 0 Å². The zero-order chi connectivity index (χ0) is 12.6. The Hall–Kier alpha value is -2.31. The molecule has 0 N–H and O–H groups in total. The SMILES string of the molecule is O=C1CC(=O)N(c2cc([N+](=O)[O-])ccc2F)C1. The minimum Gasteiger partial charge on any atom is -0.302 e. The van der Waals surface area contributed by atoms with Crippen LogP contribution in [0.5, 0.6) is 0 Å². The van der Waals surface area contributed by atoms with Gasteiger partial charge in [0, 0.05) is 12.1 Å². The van der Waals surface area contributed by atoms with E-state index in [1.54, 1.807) is 0 Å². The van der Waals surface area contributed by atoms with Crippen molar-refractivity contribution >= 4 is 23.1 Å². The third-order valence-electron chi connectivity index (χ3n) is 2.42. The molecule has 0 spiro atoms. The molecule has 0 bridgehead atoms. The van der Waals surface area contributed by atoms with Crippen LogP contribution >= 0.6 is 0 Å². The average molecular weight is 238 g/mol. The Balaban J connectivity index is 2.44. The van der Waals surface area contributed by atoms with Crippen molar-refractivity contribution in [1.82, 2.24) is 0 Å². The van der Waals surface area contributed by atoms with Crippen LogP contribution in [0.3, 0.4) is 0 Å². The predicted molar refractivity (Wildman–Crippen MR) is 55.0 cm³/mol. The lowest BCUT2D eigenvalue weighted by Gasteiger charge is -2.14. The molecule has 1 aromatic carbocycles. The second kappa shape index (κ2) is 3.93. The van der Waals surface area contributed by atoms with Crippen LogP contribution in [0.25, 0.3) is 0 Å². The van der Waals surface area contributed by atoms with Crippen molar-refractivity contribution in [1.29, 1.82) is 0 Å². The number of hydrogen-bond acceptors (Lipinski definition) is 4. The van der Waals surface area contributed by atoms with E-state index >= 15 is 0 Å². The third kappa shape index (κ3) is 1.99. The van der Waals surface area contributed by atoms with Gasteiger partial charge in [-0.15, -0.1) is 0 Å². The lowest BCUT2D eigenvalue weighted by atomic mass is 10.2.